The maximum absolute atomic E-state index is 5.87. The monoisotopic (exact) mass is 265 g/mol. The minimum absolute atomic E-state index is 0.0732. The molecule has 1 aromatic rings. The standard InChI is InChI=1S/C14H23N3S/c1-10(15)14-16-13(9-18-14)8-17(6-11-2-3-11)7-12-4-5-12/h9-12H,2-8,15H2,1H3. The van der Waals surface area contributed by atoms with Crippen LogP contribution in [-0.4, -0.2) is 23.0 Å². The Labute approximate surface area is 113 Å². The van der Waals surface area contributed by atoms with Gasteiger partial charge >= 0.3 is 0 Å². The lowest BCUT2D eigenvalue weighted by Gasteiger charge is -2.20. The summed E-state index contributed by atoms with van der Waals surface area (Å²) in [6, 6.07) is 0.0732. The third-order valence-corrected chi connectivity index (χ3v) is 4.87. The van der Waals surface area contributed by atoms with Gasteiger partial charge in [0.15, 0.2) is 0 Å². The van der Waals surface area contributed by atoms with Crippen LogP contribution in [0.2, 0.25) is 0 Å². The molecule has 100 valence electrons. The topological polar surface area (TPSA) is 42.1 Å². The molecule has 0 saturated heterocycles. The first-order valence-corrected chi connectivity index (χ1v) is 8.01. The van der Waals surface area contributed by atoms with Gasteiger partial charge in [0.1, 0.15) is 5.01 Å². The summed E-state index contributed by atoms with van der Waals surface area (Å²) in [5, 5.41) is 3.26. The van der Waals surface area contributed by atoms with E-state index >= 15 is 0 Å². The Hall–Kier alpha value is -0.450. The van der Waals surface area contributed by atoms with Crippen molar-refractivity contribution in [3.05, 3.63) is 16.1 Å². The van der Waals surface area contributed by atoms with Crippen molar-refractivity contribution in [1.29, 1.82) is 0 Å². The normalized spacial score (nSPS) is 21.5. The Bertz CT molecular complexity index is 379. The van der Waals surface area contributed by atoms with Gasteiger partial charge in [0, 0.05) is 25.0 Å². The van der Waals surface area contributed by atoms with Gasteiger partial charge in [-0.2, -0.15) is 0 Å². The van der Waals surface area contributed by atoms with Crippen LogP contribution in [0.1, 0.15) is 49.4 Å². The molecule has 2 fully saturated rings. The van der Waals surface area contributed by atoms with Crippen molar-refractivity contribution in [3.63, 3.8) is 0 Å². The van der Waals surface area contributed by atoms with Crippen molar-refractivity contribution in [2.75, 3.05) is 13.1 Å². The minimum atomic E-state index is 0.0732. The van der Waals surface area contributed by atoms with Gasteiger partial charge in [-0.05, 0) is 44.4 Å². The van der Waals surface area contributed by atoms with Gasteiger partial charge in [0.2, 0.25) is 0 Å². The van der Waals surface area contributed by atoms with Crippen LogP contribution in [0, 0.1) is 11.8 Å². The molecule has 0 aromatic carbocycles. The van der Waals surface area contributed by atoms with E-state index in [-0.39, 0.29) is 6.04 Å². The summed E-state index contributed by atoms with van der Waals surface area (Å²) in [6.07, 6.45) is 5.74. The molecule has 2 N–H and O–H groups in total. The van der Waals surface area contributed by atoms with Gasteiger partial charge in [-0.1, -0.05) is 0 Å². The Morgan fingerprint density at radius 1 is 1.33 bits per heavy atom. The molecule has 2 aliphatic carbocycles. The molecule has 0 amide bonds. The predicted octanol–water partition coefficient (Wildman–Crippen LogP) is 2.78. The van der Waals surface area contributed by atoms with E-state index in [1.165, 1.54) is 44.5 Å². The predicted molar refractivity (Wildman–Crippen MR) is 75.4 cm³/mol. The second kappa shape index (κ2) is 5.27. The van der Waals surface area contributed by atoms with Crippen LogP contribution in [0.4, 0.5) is 0 Å². The van der Waals surface area contributed by atoms with Gasteiger partial charge in [-0.25, -0.2) is 4.98 Å². The highest BCUT2D eigenvalue weighted by Crippen LogP contribution is 2.34. The molecule has 0 bridgehead atoms. The van der Waals surface area contributed by atoms with Gasteiger partial charge in [-0.15, -0.1) is 11.3 Å². The van der Waals surface area contributed by atoms with Crippen LogP contribution in [0.25, 0.3) is 0 Å². The van der Waals surface area contributed by atoms with Gasteiger partial charge in [-0.3, -0.25) is 4.90 Å². The molecule has 18 heavy (non-hydrogen) atoms. The lowest BCUT2D eigenvalue weighted by atomic mass is 10.3. The van der Waals surface area contributed by atoms with E-state index in [4.69, 9.17) is 5.73 Å². The molecule has 0 radical (unpaired) electrons. The summed E-state index contributed by atoms with van der Waals surface area (Å²) >= 11 is 1.71. The van der Waals surface area contributed by atoms with E-state index in [0.29, 0.717) is 0 Å². The summed E-state index contributed by atoms with van der Waals surface area (Å²) < 4.78 is 0. The molecular formula is C14H23N3S. The molecule has 2 saturated carbocycles. The average Bonchev–Trinajstić information content (AvgIpc) is 3.22. The lowest BCUT2D eigenvalue weighted by molar-refractivity contribution is 0.242. The summed E-state index contributed by atoms with van der Waals surface area (Å²) in [7, 11) is 0. The largest absolute Gasteiger partial charge is 0.322 e. The molecule has 1 unspecified atom stereocenters. The zero-order valence-electron chi connectivity index (χ0n) is 11.1. The van der Waals surface area contributed by atoms with Gasteiger partial charge in [0.25, 0.3) is 0 Å². The second-order valence-electron chi connectivity index (χ2n) is 6.05. The number of aromatic nitrogens is 1. The number of hydrogen-bond donors (Lipinski definition) is 1. The Morgan fingerprint density at radius 2 is 1.94 bits per heavy atom. The SMILES string of the molecule is CC(N)c1nc(CN(CC2CC2)CC2CC2)cs1. The van der Waals surface area contributed by atoms with Crippen LogP contribution >= 0.6 is 11.3 Å². The van der Waals surface area contributed by atoms with Crippen molar-refractivity contribution in [1.82, 2.24) is 9.88 Å². The van der Waals surface area contributed by atoms with E-state index in [1.54, 1.807) is 11.3 Å². The van der Waals surface area contributed by atoms with Crippen LogP contribution in [-0.2, 0) is 6.54 Å². The van der Waals surface area contributed by atoms with Crippen LogP contribution in [0.15, 0.2) is 5.38 Å². The number of thiazole rings is 1. The first-order chi connectivity index (χ1) is 8.70. The number of nitrogens with two attached hydrogens (primary N) is 1. The molecule has 0 aliphatic heterocycles. The van der Waals surface area contributed by atoms with E-state index in [1.807, 2.05) is 6.92 Å². The molecule has 0 spiro atoms. The van der Waals surface area contributed by atoms with Crippen LogP contribution in [0.3, 0.4) is 0 Å². The summed E-state index contributed by atoms with van der Waals surface area (Å²) in [6.45, 7) is 5.59. The minimum Gasteiger partial charge on any atom is -0.322 e. The van der Waals surface area contributed by atoms with Crippen molar-refractivity contribution in [2.45, 2.75) is 45.2 Å². The van der Waals surface area contributed by atoms with Crippen LogP contribution < -0.4 is 5.73 Å². The summed E-state index contributed by atoms with van der Waals surface area (Å²) in [5.41, 5.74) is 7.09. The number of hydrogen-bond acceptors (Lipinski definition) is 4. The maximum atomic E-state index is 5.87. The Kier molecular flexibility index (Phi) is 3.68. The maximum Gasteiger partial charge on any atom is 0.109 e. The fourth-order valence-corrected chi connectivity index (χ4v) is 3.14. The average molecular weight is 265 g/mol. The first kappa shape index (κ1) is 12.6. The molecule has 2 aliphatic rings. The molecule has 1 aromatic heterocycles. The third-order valence-electron chi connectivity index (χ3n) is 3.77. The fourth-order valence-electron chi connectivity index (χ4n) is 2.37. The summed E-state index contributed by atoms with van der Waals surface area (Å²) in [4.78, 5) is 7.28. The number of nitrogens with zero attached hydrogens (tertiary/aromatic N) is 2. The molecule has 1 heterocycles. The Morgan fingerprint density at radius 3 is 2.39 bits per heavy atom. The van der Waals surface area contributed by atoms with E-state index in [9.17, 15) is 0 Å². The molecule has 3 rings (SSSR count). The van der Waals surface area contributed by atoms with E-state index in [2.05, 4.69) is 15.3 Å². The second-order valence-corrected chi connectivity index (χ2v) is 6.94. The third kappa shape index (κ3) is 3.53. The zero-order valence-corrected chi connectivity index (χ0v) is 12.0. The first-order valence-electron chi connectivity index (χ1n) is 7.13. The van der Waals surface area contributed by atoms with Crippen LogP contribution in [0.5, 0.6) is 0 Å². The molecule has 1 atom stereocenters. The number of rotatable bonds is 7. The van der Waals surface area contributed by atoms with Gasteiger partial charge < -0.3 is 5.73 Å². The highest BCUT2D eigenvalue weighted by molar-refractivity contribution is 7.09. The quantitative estimate of drug-likeness (QED) is 0.824. The smallest absolute Gasteiger partial charge is 0.109 e. The molecular weight excluding hydrogens is 242 g/mol. The molecule has 3 nitrogen and oxygen atoms in total. The summed E-state index contributed by atoms with van der Waals surface area (Å²) in [5.74, 6) is 1.94. The van der Waals surface area contributed by atoms with Crippen molar-refractivity contribution in [2.24, 2.45) is 17.6 Å². The Balaban J connectivity index is 1.58. The van der Waals surface area contributed by atoms with E-state index in [0.717, 1.165) is 23.4 Å². The highest BCUT2D eigenvalue weighted by Gasteiger charge is 2.29. The lowest BCUT2D eigenvalue weighted by Crippen LogP contribution is -2.28. The fraction of sp³-hybridized carbons (Fsp3) is 0.786. The highest BCUT2D eigenvalue weighted by atomic mass is 32.1. The molecule has 4 heteroatoms. The van der Waals surface area contributed by atoms with Crippen molar-refractivity contribution < 1.29 is 0 Å². The van der Waals surface area contributed by atoms with Crippen molar-refractivity contribution >= 4 is 11.3 Å². The zero-order chi connectivity index (χ0) is 12.5. The van der Waals surface area contributed by atoms with Gasteiger partial charge in [0.05, 0.1) is 11.7 Å². The van der Waals surface area contributed by atoms with E-state index < -0.39 is 0 Å². The van der Waals surface area contributed by atoms with Crippen molar-refractivity contribution in [3.8, 4) is 0 Å².